The number of para-hydroxylation sites is 1. The zero-order valence-electron chi connectivity index (χ0n) is 31.1. The fourth-order valence-electron chi connectivity index (χ4n) is 9.38. The molecule has 0 aliphatic carbocycles. The van der Waals surface area contributed by atoms with Gasteiger partial charge in [0.15, 0.2) is 0 Å². The van der Waals surface area contributed by atoms with Crippen LogP contribution in [0, 0.1) is 0 Å². The molecule has 0 N–H and O–H groups in total. The lowest BCUT2D eigenvalue weighted by atomic mass is 9.99. The largest absolute Gasteiger partial charge is 0.309 e. The second-order valence-electron chi connectivity index (χ2n) is 15.2. The van der Waals surface area contributed by atoms with Crippen LogP contribution in [0.15, 0.2) is 188 Å². The van der Waals surface area contributed by atoms with E-state index in [1.54, 1.807) is 0 Å². The molecule has 0 saturated heterocycles. The molecule has 268 valence electrons. The molecule has 58 heavy (non-hydrogen) atoms. The molecule has 0 aliphatic heterocycles. The molecule has 9 aromatic carbocycles. The SMILES string of the molecule is c1ccc(-c2nc3ccc4c5c6c(cccc6n4-c4ccc6nc(-c7ccc8ccccc8c7)c(-c7ccc8ccccc8c7)nc6c4)c4ccccc4n2c35)cc1. The summed E-state index contributed by atoms with van der Waals surface area (Å²) in [4.78, 5) is 16.2. The van der Waals surface area contributed by atoms with Crippen LogP contribution in [0.1, 0.15) is 0 Å². The molecule has 0 bridgehead atoms. The Kier molecular flexibility index (Phi) is 6.38. The summed E-state index contributed by atoms with van der Waals surface area (Å²) in [5, 5.41) is 9.57. The van der Waals surface area contributed by atoms with E-state index in [4.69, 9.17) is 15.0 Å². The van der Waals surface area contributed by atoms with Crippen LogP contribution in [-0.4, -0.2) is 23.9 Å². The molecule has 13 aromatic rings. The van der Waals surface area contributed by atoms with Crippen molar-refractivity contribution in [2.75, 3.05) is 0 Å². The highest BCUT2D eigenvalue weighted by Gasteiger charge is 2.24. The Hall–Kier alpha value is -7.89. The van der Waals surface area contributed by atoms with Crippen molar-refractivity contribution in [1.82, 2.24) is 23.9 Å². The van der Waals surface area contributed by atoms with Crippen LogP contribution in [0.5, 0.6) is 0 Å². The Morgan fingerprint density at radius 1 is 0.345 bits per heavy atom. The van der Waals surface area contributed by atoms with Crippen molar-refractivity contribution in [2.45, 2.75) is 0 Å². The van der Waals surface area contributed by atoms with Gasteiger partial charge in [-0.25, -0.2) is 15.0 Å². The van der Waals surface area contributed by atoms with Crippen molar-refractivity contribution < 1.29 is 0 Å². The van der Waals surface area contributed by atoms with E-state index in [0.29, 0.717) is 0 Å². The van der Waals surface area contributed by atoms with Gasteiger partial charge in [-0.05, 0) is 81.5 Å². The average molecular weight is 738 g/mol. The minimum Gasteiger partial charge on any atom is -0.309 e. The zero-order chi connectivity index (χ0) is 37.9. The lowest BCUT2D eigenvalue weighted by molar-refractivity contribution is 1.18. The summed E-state index contributed by atoms with van der Waals surface area (Å²) in [7, 11) is 0. The molecule has 0 radical (unpaired) electrons. The lowest BCUT2D eigenvalue weighted by Gasteiger charge is -2.14. The summed E-state index contributed by atoms with van der Waals surface area (Å²) in [5.41, 5.74) is 13.1. The predicted molar refractivity (Wildman–Crippen MR) is 240 cm³/mol. The number of hydrogen-bond donors (Lipinski definition) is 0. The minimum atomic E-state index is 0.839. The van der Waals surface area contributed by atoms with Crippen molar-refractivity contribution in [3.63, 3.8) is 0 Å². The molecule has 0 atom stereocenters. The van der Waals surface area contributed by atoms with Crippen LogP contribution < -0.4 is 0 Å². The molecule has 0 unspecified atom stereocenters. The third kappa shape index (κ3) is 4.44. The molecular formula is C53H31N5. The van der Waals surface area contributed by atoms with Crippen molar-refractivity contribution in [3.8, 4) is 39.6 Å². The number of fused-ring (bicyclic) bond motifs is 6. The van der Waals surface area contributed by atoms with Crippen molar-refractivity contribution in [2.24, 2.45) is 0 Å². The molecular weight excluding hydrogens is 707 g/mol. The van der Waals surface area contributed by atoms with E-state index in [0.717, 1.165) is 78.2 Å². The molecule has 5 heteroatoms. The lowest BCUT2D eigenvalue weighted by Crippen LogP contribution is -1.99. The molecule has 0 spiro atoms. The topological polar surface area (TPSA) is 48.0 Å². The average Bonchev–Trinajstić information content (AvgIpc) is 3.81. The van der Waals surface area contributed by atoms with Crippen LogP contribution in [-0.2, 0) is 0 Å². The molecule has 13 rings (SSSR count). The summed E-state index contributed by atoms with van der Waals surface area (Å²) in [6.07, 6.45) is 0. The number of imidazole rings is 1. The Balaban J connectivity index is 1.10. The van der Waals surface area contributed by atoms with E-state index < -0.39 is 0 Å². The van der Waals surface area contributed by atoms with Gasteiger partial charge in [-0.1, -0.05) is 133 Å². The van der Waals surface area contributed by atoms with Gasteiger partial charge in [0, 0.05) is 38.5 Å². The van der Waals surface area contributed by atoms with Crippen LogP contribution >= 0.6 is 0 Å². The quantitative estimate of drug-likeness (QED) is 0.181. The van der Waals surface area contributed by atoms with Gasteiger partial charge in [-0.15, -0.1) is 0 Å². The maximum absolute atomic E-state index is 5.51. The minimum absolute atomic E-state index is 0.839. The maximum Gasteiger partial charge on any atom is 0.145 e. The van der Waals surface area contributed by atoms with Gasteiger partial charge in [0.05, 0.1) is 50.0 Å². The van der Waals surface area contributed by atoms with Gasteiger partial charge in [0.25, 0.3) is 0 Å². The first-order valence-electron chi connectivity index (χ1n) is 19.7. The highest BCUT2D eigenvalue weighted by Crippen LogP contribution is 2.44. The second-order valence-corrected chi connectivity index (χ2v) is 15.2. The predicted octanol–water partition coefficient (Wildman–Crippen LogP) is 13.4. The zero-order valence-corrected chi connectivity index (χ0v) is 31.1. The molecule has 4 heterocycles. The van der Waals surface area contributed by atoms with E-state index in [-0.39, 0.29) is 0 Å². The summed E-state index contributed by atoms with van der Waals surface area (Å²) in [5.74, 6) is 0.939. The van der Waals surface area contributed by atoms with E-state index in [1.165, 1.54) is 43.1 Å². The van der Waals surface area contributed by atoms with Gasteiger partial charge in [0.1, 0.15) is 5.82 Å². The standard InChI is InChI=1S/C53H31N5/c1-2-13-34(14-3-1)53-56-43-27-28-47-49-48-41(40-17-8-9-19-45(40)58(53)52(43)49)18-10-20-46(48)57(47)39-25-26-42-44(31-39)55-51(38-24-22-33-12-5-7-16-36(33)30-38)50(54-42)37-23-21-32-11-4-6-15-35(32)29-37/h1-31H. The molecule has 0 fully saturated rings. The monoisotopic (exact) mass is 737 g/mol. The Morgan fingerprint density at radius 2 is 0.948 bits per heavy atom. The van der Waals surface area contributed by atoms with E-state index in [9.17, 15) is 0 Å². The summed E-state index contributed by atoms with van der Waals surface area (Å²) >= 11 is 0. The third-order valence-corrected chi connectivity index (χ3v) is 12.0. The van der Waals surface area contributed by atoms with Gasteiger partial charge in [-0.2, -0.15) is 0 Å². The molecule has 4 aromatic heterocycles. The van der Waals surface area contributed by atoms with Gasteiger partial charge < -0.3 is 4.57 Å². The van der Waals surface area contributed by atoms with Crippen LogP contribution in [0.25, 0.3) is 121 Å². The fourth-order valence-corrected chi connectivity index (χ4v) is 9.38. The number of aromatic nitrogens is 5. The van der Waals surface area contributed by atoms with Crippen molar-refractivity contribution in [3.05, 3.63) is 188 Å². The third-order valence-electron chi connectivity index (χ3n) is 12.0. The first-order valence-corrected chi connectivity index (χ1v) is 19.7. The first-order chi connectivity index (χ1) is 28.7. The van der Waals surface area contributed by atoms with Crippen molar-refractivity contribution in [1.29, 1.82) is 0 Å². The van der Waals surface area contributed by atoms with Crippen LogP contribution in [0.2, 0.25) is 0 Å². The van der Waals surface area contributed by atoms with Crippen molar-refractivity contribution >= 4 is 81.7 Å². The van der Waals surface area contributed by atoms with Gasteiger partial charge in [0.2, 0.25) is 0 Å². The maximum atomic E-state index is 5.51. The smallest absolute Gasteiger partial charge is 0.145 e. The molecule has 0 saturated carbocycles. The Morgan fingerprint density at radius 3 is 1.71 bits per heavy atom. The van der Waals surface area contributed by atoms with Gasteiger partial charge in [-0.3, -0.25) is 4.40 Å². The fraction of sp³-hybridized carbons (Fsp3) is 0. The van der Waals surface area contributed by atoms with Crippen LogP contribution in [0.3, 0.4) is 0 Å². The number of benzene rings is 9. The first kappa shape index (κ1) is 31.3. The highest BCUT2D eigenvalue weighted by molar-refractivity contribution is 6.30. The molecule has 0 amide bonds. The summed E-state index contributed by atoms with van der Waals surface area (Å²) in [6.45, 7) is 0. The van der Waals surface area contributed by atoms with Gasteiger partial charge >= 0.3 is 0 Å². The number of rotatable bonds is 4. The highest BCUT2D eigenvalue weighted by atomic mass is 15.0. The molecule has 5 nitrogen and oxygen atoms in total. The summed E-state index contributed by atoms with van der Waals surface area (Å²) in [6, 6.07) is 67.1. The Bertz CT molecular complexity index is 3800. The summed E-state index contributed by atoms with van der Waals surface area (Å²) < 4.78 is 4.78. The molecule has 0 aliphatic rings. The number of nitrogens with zero attached hydrogens (tertiary/aromatic N) is 5. The Labute approximate surface area is 332 Å². The normalized spacial score (nSPS) is 12.1. The van der Waals surface area contributed by atoms with Crippen LogP contribution in [0.4, 0.5) is 0 Å². The van der Waals surface area contributed by atoms with E-state index in [2.05, 4.69) is 197 Å². The number of hydrogen-bond acceptors (Lipinski definition) is 3. The van der Waals surface area contributed by atoms with E-state index >= 15 is 0 Å². The second kappa shape index (κ2) is 11.8. The van der Waals surface area contributed by atoms with E-state index in [1.807, 2.05) is 0 Å².